The van der Waals surface area contributed by atoms with Crippen LogP contribution in [-0.4, -0.2) is 15.5 Å². The lowest BCUT2D eigenvalue weighted by atomic mass is 10.3. The first-order valence-corrected chi connectivity index (χ1v) is 5.40. The Morgan fingerprint density at radius 2 is 2.06 bits per heavy atom. The van der Waals surface area contributed by atoms with Crippen LogP contribution in [0.5, 0.6) is 0 Å². The monoisotopic (exact) mass is 234 g/mol. The number of aryl methyl sites for hydroxylation is 1. The Morgan fingerprint density at radius 1 is 1.38 bits per heavy atom. The van der Waals surface area contributed by atoms with Gasteiger partial charge in [-0.1, -0.05) is 4.49 Å². The molecular weight excluding hydrogens is 224 g/mol. The molecule has 1 amide bonds. The number of rotatable bonds is 2. The topological polar surface area (TPSA) is 80.9 Å². The first-order chi connectivity index (χ1) is 7.66. The Balaban J connectivity index is 2.14. The maximum absolute atomic E-state index is 11.8. The van der Waals surface area contributed by atoms with Crippen LogP contribution in [0.1, 0.15) is 15.4 Å². The van der Waals surface area contributed by atoms with Crippen LogP contribution in [0.4, 0.5) is 11.4 Å². The Morgan fingerprint density at radius 3 is 2.62 bits per heavy atom. The zero-order valence-corrected chi connectivity index (χ0v) is 9.41. The average molecular weight is 234 g/mol. The summed E-state index contributed by atoms with van der Waals surface area (Å²) in [6.07, 6.45) is 0. The lowest BCUT2D eigenvalue weighted by Crippen LogP contribution is -2.11. The number of carbonyl (C=O) groups is 1. The van der Waals surface area contributed by atoms with Crippen LogP contribution in [-0.2, 0) is 0 Å². The second-order valence-electron chi connectivity index (χ2n) is 3.26. The van der Waals surface area contributed by atoms with Crippen molar-refractivity contribution >= 4 is 28.8 Å². The average Bonchev–Trinajstić information content (AvgIpc) is 2.68. The maximum Gasteiger partial charge on any atom is 0.269 e. The number of amides is 1. The highest BCUT2D eigenvalue weighted by molar-refractivity contribution is 7.08. The highest BCUT2D eigenvalue weighted by atomic mass is 32.1. The number of nitrogens with zero attached hydrogens (tertiary/aromatic N) is 2. The minimum Gasteiger partial charge on any atom is -0.399 e. The molecule has 3 N–H and O–H groups in total. The standard InChI is InChI=1S/C10H10N4OS/c1-6-9(16-14-13-6)10(15)12-8-4-2-7(11)3-5-8/h2-5H,11H2,1H3,(H,12,15). The summed E-state index contributed by atoms with van der Waals surface area (Å²) in [5, 5.41) is 6.53. The van der Waals surface area contributed by atoms with Gasteiger partial charge in [-0.15, -0.1) is 5.10 Å². The van der Waals surface area contributed by atoms with E-state index in [1.165, 1.54) is 0 Å². The molecule has 16 heavy (non-hydrogen) atoms. The molecule has 0 saturated carbocycles. The number of aromatic nitrogens is 2. The Kier molecular flexibility index (Phi) is 2.82. The molecule has 2 rings (SSSR count). The summed E-state index contributed by atoms with van der Waals surface area (Å²) >= 11 is 1.08. The largest absolute Gasteiger partial charge is 0.399 e. The van der Waals surface area contributed by atoms with Gasteiger partial charge in [0, 0.05) is 11.4 Å². The first kappa shape index (κ1) is 10.6. The normalized spacial score (nSPS) is 10.1. The summed E-state index contributed by atoms with van der Waals surface area (Å²) in [5.74, 6) is -0.197. The van der Waals surface area contributed by atoms with Crippen LogP contribution in [0.25, 0.3) is 0 Å². The van der Waals surface area contributed by atoms with E-state index in [9.17, 15) is 4.79 Å². The summed E-state index contributed by atoms with van der Waals surface area (Å²) in [6, 6.07) is 6.95. The van der Waals surface area contributed by atoms with Gasteiger partial charge in [0.2, 0.25) is 0 Å². The molecule has 0 atom stereocenters. The van der Waals surface area contributed by atoms with Crippen molar-refractivity contribution in [1.82, 2.24) is 9.59 Å². The number of nitrogen functional groups attached to an aromatic ring is 1. The van der Waals surface area contributed by atoms with Crippen molar-refractivity contribution < 1.29 is 4.79 Å². The molecule has 0 fully saturated rings. The van der Waals surface area contributed by atoms with Gasteiger partial charge in [0.25, 0.3) is 5.91 Å². The van der Waals surface area contributed by atoms with Gasteiger partial charge in [0.1, 0.15) is 4.88 Å². The molecule has 0 saturated heterocycles. The summed E-state index contributed by atoms with van der Waals surface area (Å²) < 4.78 is 3.71. The predicted molar refractivity (Wildman–Crippen MR) is 63.5 cm³/mol. The number of benzene rings is 1. The van der Waals surface area contributed by atoms with Crippen LogP contribution in [0.15, 0.2) is 24.3 Å². The number of anilines is 2. The molecule has 0 aliphatic heterocycles. The molecule has 1 aromatic carbocycles. The van der Waals surface area contributed by atoms with Crippen LogP contribution in [0.3, 0.4) is 0 Å². The van der Waals surface area contributed by atoms with Crippen molar-refractivity contribution in [2.45, 2.75) is 6.92 Å². The number of nitrogens with two attached hydrogens (primary N) is 1. The molecule has 0 spiro atoms. The first-order valence-electron chi connectivity index (χ1n) is 4.62. The van der Waals surface area contributed by atoms with Crippen molar-refractivity contribution in [3.05, 3.63) is 34.8 Å². The fraction of sp³-hybridized carbons (Fsp3) is 0.100. The van der Waals surface area contributed by atoms with Crippen molar-refractivity contribution in [1.29, 1.82) is 0 Å². The molecular formula is C10H10N4OS. The van der Waals surface area contributed by atoms with Gasteiger partial charge in [0.05, 0.1) is 5.69 Å². The van der Waals surface area contributed by atoms with E-state index in [4.69, 9.17) is 5.73 Å². The van der Waals surface area contributed by atoms with Gasteiger partial charge < -0.3 is 11.1 Å². The van der Waals surface area contributed by atoms with Gasteiger partial charge in [-0.3, -0.25) is 4.79 Å². The van der Waals surface area contributed by atoms with Crippen molar-refractivity contribution in [3.63, 3.8) is 0 Å². The molecule has 1 heterocycles. The summed E-state index contributed by atoms with van der Waals surface area (Å²) in [4.78, 5) is 12.3. The zero-order chi connectivity index (χ0) is 11.5. The minimum absolute atomic E-state index is 0.197. The molecule has 0 aliphatic carbocycles. The number of carbonyl (C=O) groups excluding carboxylic acids is 1. The third-order valence-corrected chi connectivity index (χ3v) is 2.85. The molecule has 0 radical (unpaired) electrons. The lowest BCUT2D eigenvalue weighted by Gasteiger charge is -2.03. The van der Waals surface area contributed by atoms with E-state index in [1.807, 2.05) is 0 Å². The van der Waals surface area contributed by atoms with Gasteiger partial charge in [-0.05, 0) is 42.7 Å². The van der Waals surface area contributed by atoms with E-state index in [0.717, 1.165) is 11.5 Å². The Hall–Kier alpha value is -1.95. The van der Waals surface area contributed by atoms with Crippen LogP contribution < -0.4 is 11.1 Å². The van der Waals surface area contributed by atoms with Crippen LogP contribution in [0, 0.1) is 6.92 Å². The maximum atomic E-state index is 11.8. The molecule has 2 aromatic rings. The second-order valence-corrected chi connectivity index (χ2v) is 4.02. The van der Waals surface area contributed by atoms with E-state index in [1.54, 1.807) is 31.2 Å². The fourth-order valence-electron chi connectivity index (χ4n) is 1.19. The summed E-state index contributed by atoms with van der Waals surface area (Å²) in [6.45, 7) is 1.75. The van der Waals surface area contributed by atoms with Crippen molar-refractivity contribution in [2.75, 3.05) is 11.1 Å². The molecule has 0 unspecified atom stereocenters. The Labute approximate surface area is 96.5 Å². The van der Waals surface area contributed by atoms with Crippen LogP contribution in [0.2, 0.25) is 0 Å². The number of hydrogen-bond donors (Lipinski definition) is 2. The summed E-state index contributed by atoms with van der Waals surface area (Å²) in [7, 11) is 0. The molecule has 1 aromatic heterocycles. The van der Waals surface area contributed by atoms with E-state index in [2.05, 4.69) is 14.9 Å². The minimum atomic E-state index is -0.197. The SMILES string of the molecule is Cc1nnsc1C(=O)Nc1ccc(N)cc1. The number of nitrogens with one attached hydrogen (secondary N) is 1. The van der Waals surface area contributed by atoms with Crippen molar-refractivity contribution in [2.24, 2.45) is 0 Å². The van der Waals surface area contributed by atoms with E-state index in [0.29, 0.717) is 21.9 Å². The van der Waals surface area contributed by atoms with E-state index in [-0.39, 0.29) is 5.91 Å². The molecule has 6 heteroatoms. The third-order valence-electron chi connectivity index (χ3n) is 2.03. The smallest absolute Gasteiger partial charge is 0.269 e. The fourth-order valence-corrected chi connectivity index (χ4v) is 1.75. The van der Waals surface area contributed by atoms with E-state index >= 15 is 0 Å². The zero-order valence-electron chi connectivity index (χ0n) is 8.60. The lowest BCUT2D eigenvalue weighted by molar-refractivity contribution is 0.103. The molecule has 0 bridgehead atoms. The van der Waals surface area contributed by atoms with Gasteiger partial charge in [-0.2, -0.15) is 0 Å². The highest BCUT2D eigenvalue weighted by Crippen LogP contribution is 2.14. The number of hydrogen-bond acceptors (Lipinski definition) is 5. The molecule has 0 aliphatic rings. The van der Waals surface area contributed by atoms with E-state index < -0.39 is 0 Å². The third kappa shape index (κ3) is 2.17. The highest BCUT2D eigenvalue weighted by Gasteiger charge is 2.12. The molecule has 82 valence electrons. The van der Waals surface area contributed by atoms with Gasteiger partial charge in [0.15, 0.2) is 0 Å². The molecule has 5 nitrogen and oxygen atoms in total. The van der Waals surface area contributed by atoms with Gasteiger partial charge in [-0.25, -0.2) is 0 Å². The predicted octanol–water partition coefficient (Wildman–Crippen LogP) is 1.68. The Bertz CT molecular complexity index is 506. The van der Waals surface area contributed by atoms with Crippen LogP contribution >= 0.6 is 11.5 Å². The summed E-state index contributed by atoms with van der Waals surface area (Å²) in [5.41, 5.74) is 7.54. The van der Waals surface area contributed by atoms with Gasteiger partial charge >= 0.3 is 0 Å². The quantitative estimate of drug-likeness (QED) is 0.775. The second kappa shape index (κ2) is 4.28. The van der Waals surface area contributed by atoms with Crippen molar-refractivity contribution in [3.8, 4) is 0 Å².